The number of hydrogen-bond acceptors (Lipinski definition) is 6. The summed E-state index contributed by atoms with van der Waals surface area (Å²) >= 11 is 1.61. The van der Waals surface area contributed by atoms with Crippen molar-refractivity contribution in [1.82, 2.24) is 0 Å². The summed E-state index contributed by atoms with van der Waals surface area (Å²) < 4.78 is 14.8. The van der Waals surface area contributed by atoms with Crippen LogP contribution in [0.25, 0.3) is 0 Å². The molecule has 2 atom stereocenters. The van der Waals surface area contributed by atoms with E-state index in [-0.39, 0.29) is 23.1 Å². The minimum atomic E-state index is -0.384. The number of methoxy groups -OCH3 is 3. The van der Waals surface area contributed by atoms with Crippen molar-refractivity contribution < 1.29 is 23.8 Å². The van der Waals surface area contributed by atoms with Crippen molar-refractivity contribution in [3.05, 3.63) is 29.3 Å². The highest BCUT2D eigenvalue weighted by Gasteiger charge is 2.22. The maximum Gasteiger partial charge on any atom is 0.337 e. The van der Waals surface area contributed by atoms with E-state index in [1.807, 2.05) is 13.8 Å². The Kier molecular flexibility index (Phi) is 7.24. The van der Waals surface area contributed by atoms with Crippen LogP contribution in [-0.4, -0.2) is 38.5 Å². The van der Waals surface area contributed by atoms with Crippen LogP contribution in [-0.2, 0) is 20.0 Å². The molecule has 0 aliphatic carbocycles. The fourth-order valence-corrected chi connectivity index (χ4v) is 2.95. The molecule has 0 amide bonds. The van der Waals surface area contributed by atoms with Gasteiger partial charge in [0.05, 0.1) is 32.8 Å². The van der Waals surface area contributed by atoms with Crippen molar-refractivity contribution >= 4 is 23.7 Å². The predicted octanol–water partition coefficient (Wildman–Crippen LogP) is 2.91. The van der Waals surface area contributed by atoms with Crippen molar-refractivity contribution in [2.75, 3.05) is 21.3 Å². The van der Waals surface area contributed by atoms with Crippen LogP contribution in [0.2, 0.25) is 0 Å². The van der Waals surface area contributed by atoms with Crippen LogP contribution in [0.5, 0.6) is 5.75 Å². The summed E-state index contributed by atoms with van der Waals surface area (Å²) in [6, 6.07) is 5.17. The van der Waals surface area contributed by atoms with E-state index in [0.29, 0.717) is 17.1 Å². The third-order valence-electron chi connectivity index (χ3n) is 3.48. The van der Waals surface area contributed by atoms with Crippen molar-refractivity contribution in [3.8, 4) is 5.75 Å². The van der Waals surface area contributed by atoms with E-state index in [0.717, 1.165) is 5.56 Å². The molecule has 1 aromatic carbocycles. The summed E-state index contributed by atoms with van der Waals surface area (Å²) in [7, 11) is 4.32. The first kappa shape index (κ1) is 18.4. The lowest BCUT2D eigenvalue weighted by atomic mass is 10.1. The molecule has 0 aromatic heterocycles. The van der Waals surface area contributed by atoms with Crippen molar-refractivity contribution in [3.63, 3.8) is 0 Å². The molecule has 1 rings (SSSR count). The highest BCUT2D eigenvalue weighted by molar-refractivity contribution is 7.99. The lowest BCUT2D eigenvalue weighted by molar-refractivity contribution is -0.144. The molecule has 0 N–H and O–H groups in total. The number of benzene rings is 1. The molecule has 0 saturated carbocycles. The Morgan fingerprint density at radius 3 is 2.36 bits per heavy atom. The molecular formula is C16H22O5S. The van der Waals surface area contributed by atoms with E-state index in [1.165, 1.54) is 14.2 Å². The predicted molar refractivity (Wildman–Crippen MR) is 86.3 cm³/mol. The Labute approximate surface area is 135 Å². The molecule has 0 bridgehead atoms. The minimum absolute atomic E-state index is 0.0824. The maximum absolute atomic E-state index is 11.6. The molecule has 0 heterocycles. The average molecular weight is 326 g/mol. The quantitative estimate of drug-likeness (QED) is 0.718. The maximum atomic E-state index is 11.6. The number of thioether (sulfide) groups is 1. The Hall–Kier alpha value is -1.69. The van der Waals surface area contributed by atoms with Crippen molar-refractivity contribution in [1.29, 1.82) is 0 Å². The number of hydrogen-bond donors (Lipinski definition) is 0. The molecule has 1 aromatic rings. The van der Waals surface area contributed by atoms with E-state index in [9.17, 15) is 9.59 Å². The zero-order valence-corrected chi connectivity index (χ0v) is 14.4. The third-order valence-corrected chi connectivity index (χ3v) is 4.89. The fraction of sp³-hybridized carbons (Fsp3) is 0.500. The lowest BCUT2D eigenvalue weighted by Gasteiger charge is -2.18. The molecule has 0 aliphatic rings. The number of esters is 2. The van der Waals surface area contributed by atoms with Gasteiger partial charge in [0, 0.05) is 16.6 Å². The van der Waals surface area contributed by atoms with Gasteiger partial charge in [-0.15, -0.1) is 0 Å². The number of carbonyl (C=O) groups is 2. The van der Waals surface area contributed by atoms with Gasteiger partial charge in [-0.25, -0.2) is 4.79 Å². The van der Waals surface area contributed by atoms with Crippen LogP contribution in [0, 0.1) is 5.92 Å². The normalized spacial score (nSPS) is 13.1. The summed E-state index contributed by atoms with van der Waals surface area (Å²) in [5.41, 5.74) is 1.37. The minimum Gasteiger partial charge on any atom is -0.496 e. The van der Waals surface area contributed by atoms with Gasteiger partial charge in [-0.1, -0.05) is 13.8 Å². The van der Waals surface area contributed by atoms with Crippen molar-refractivity contribution in [2.45, 2.75) is 24.9 Å². The zero-order valence-electron chi connectivity index (χ0n) is 13.5. The first-order chi connectivity index (χ1) is 10.4. The van der Waals surface area contributed by atoms with Gasteiger partial charge in [-0.05, 0) is 18.2 Å². The third kappa shape index (κ3) is 4.66. The smallest absolute Gasteiger partial charge is 0.337 e. The zero-order chi connectivity index (χ0) is 16.7. The molecule has 0 saturated heterocycles. The van der Waals surface area contributed by atoms with Crippen LogP contribution < -0.4 is 4.74 Å². The Bertz CT molecular complexity index is 529. The second kappa shape index (κ2) is 8.68. The molecule has 122 valence electrons. The monoisotopic (exact) mass is 326 g/mol. The van der Waals surface area contributed by atoms with E-state index < -0.39 is 0 Å². The largest absolute Gasteiger partial charge is 0.496 e. The second-order valence-corrected chi connectivity index (χ2v) is 6.21. The molecule has 0 radical (unpaired) electrons. The van der Waals surface area contributed by atoms with Gasteiger partial charge in [-0.2, -0.15) is 11.8 Å². The van der Waals surface area contributed by atoms with Crippen LogP contribution in [0.3, 0.4) is 0 Å². The van der Waals surface area contributed by atoms with Crippen LogP contribution in [0.1, 0.15) is 29.8 Å². The highest BCUT2D eigenvalue weighted by Crippen LogP contribution is 2.29. The Morgan fingerprint density at radius 2 is 1.82 bits per heavy atom. The topological polar surface area (TPSA) is 61.8 Å². The molecular weight excluding hydrogens is 304 g/mol. The van der Waals surface area contributed by atoms with Crippen LogP contribution in [0.4, 0.5) is 0 Å². The van der Waals surface area contributed by atoms with Gasteiger partial charge in [0.25, 0.3) is 0 Å². The molecule has 5 nitrogen and oxygen atoms in total. The summed E-state index contributed by atoms with van der Waals surface area (Å²) in [5.74, 6) is 0.513. The van der Waals surface area contributed by atoms with E-state index in [1.54, 1.807) is 37.1 Å². The first-order valence-electron chi connectivity index (χ1n) is 6.89. The summed E-state index contributed by atoms with van der Waals surface area (Å²) in [4.78, 5) is 23.2. The van der Waals surface area contributed by atoms with E-state index >= 15 is 0 Å². The van der Waals surface area contributed by atoms with Gasteiger partial charge >= 0.3 is 11.9 Å². The van der Waals surface area contributed by atoms with Crippen molar-refractivity contribution in [2.24, 2.45) is 5.92 Å². The lowest BCUT2D eigenvalue weighted by Crippen LogP contribution is -2.22. The van der Waals surface area contributed by atoms with Gasteiger partial charge in [0.2, 0.25) is 0 Å². The van der Waals surface area contributed by atoms with Crippen LogP contribution in [0.15, 0.2) is 18.2 Å². The standard InChI is InChI=1S/C16H22O5S/c1-10(15(17)20-4)11(2)22-9-13-8-12(16(18)21-5)6-7-14(13)19-3/h6-8,10-11H,9H2,1-5H3. The molecule has 22 heavy (non-hydrogen) atoms. The summed E-state index contributed by atoms with van der Waals surface area (Å²) in [6.07, 6.45) is 0. The number of rotatable bonds is 7. The fourth-order valence-electron chi connectivity index (χ4n) is 1.88. The first-order valence-corrected chi connectivity index (χ1v) is 7.94. The van der Waals surface area contributed by atoms with Crippen LogP contribution >= 0.6 is 11.8 Å². The Balaban J connectivity index is 2.83. The second-order valence-electron chi connectivity index (χ2n) is 4.85. The SMILES string of the molecule is COC(=O)c1ccc(OC)c(CSC(C)C(C)C(=O)OC)c1. The molecule has 6 heteroatoms. The number of ether oxygens (including phenoxy) is 3. The van der Waals surface area contributed by atoms with Gasteiger partial charge in [0.15, 0.2) is 0 Å². The summed E-state index contributed by atoms with van der Waals surface area (Å²) in [6.45, 7) is 3.81. The van der Waals surface area contributed by atoms with Gasteiger partial charge < -0.3 is 14.2 Å². The molecule has 2 unspecified atom stereocenters. The molecule has 0 fully saturated rings. The summed E-state index contributed by atoms with van der Waals surface area (Å²) in [5, 5.41) is 0.0824. The molecule has 0 spiro atoms. The van der Waals surface area contributed by atoms with Gasteiger partial charge in [-0.3, -0.25) is 4.79 Å². The number of carbonyl (C=O) groups excluding carboxylic acids is 2. The van der Waals surface area contributed by atoms with Gasteiger partial charge in [0.1, 0.15) is 5.75 Å². The Morgan fingerprint density at radius 1 is 1.14 bits per heavy atom. The van der Waals surface area contributed by atoms with E-state index in [2.05, 4.69) is 0 Å². The van der Waals surface area contributed by atoms with E-state index in [4.69, 9.17) is 14.2 Å². The molecule has 0 aliphatic heterocycles. The highest BCUT2D eigenvalue weighted by atomic mass is 32.2. The average Bonchev–Trinajstić information content (AvgIpc) is 2.56.